The van der Waals surface area contributed by atoms with E-state index in [0.29, 0.717) is 0 Å². The van der Waals surface area contributed by atoms with Crippen molar-refractivity contribution in [3.05, 3.63) is 29.8 Å². The lowest BCUT2D eigenvalue weighted by atomic mass is 9.66. The van der Waals surface area contributed by atoms with Crippen LogP contribution in [0, 0.1) is 0 Å². The van der Waals surface area contributed by atoms with Gasteiger partial charge in [0.2, 0.25) is 5.91 Å². The predicted molar refractivity (Wildman–Crippen MR) is 79.3 cm³/mol. The molecule has 1 aromatic carbocycles. The summed E-state index contributed by atoms with van der Waals surface area (Å²) < 4.78 is 0. The molecule has 0 atom stereocenters. The SMILES string of the molecule is O=C(O)CSCC(=O)N1CC2(CCC2)c2ccccc21. The minimum atomic E-state index is -0.875. The molecule has 1 aliphatic heterocycles. The number of hydrogen-bond acceptors (Lipinski definition) is 3. The molecular weight excluding hydrogens is 274 g/mol. The highest BCUT2D eigenvalue weighted by Gasteiger charge is 2.48. The minimum absolute atomic E-state index is 0.0208. The number of fused-ring (bicyclic) bond motifs is 2. The van der Waals surface area contributed by atoms with Crippen LogP contribution in [0.5, 0.6) is 0 Å². The summed E-state index contributed by atoms with van der Waals surface area (Å²) in [5.41, 5.74) is 2.49. The molecule has 0 saturated heterocycles. The van der Waals surface area contributed by atoms with Crippen molar-refractivity contribution < 1.29 is 14.7 Å². The molecule has 106 valence electrons. The molecule has 1 N–H and O–H groups in total. The first kappa shape index (κ1) is 13.5. The molecule has 20 heavy (non-hydrogen) atoms. The van der Waals surface area contributed by atoms with Gasteiger partial charge in [0.05, 0.1) is 11.5 Å². The number of aliphatic carboxylic acids is 1. The molecule has 1 aliphatic carbocycles. The van der Waals surface area contributed by atoms with Crippen LogP contribution in [0.15, 0.2) is 24.3 Å². The first-order valence-corrected chi connectivity index (χ1v) is 7.97. The van der Waals surface area contributed by atoms with Crippen molar-refractivity contribution in [2.24, 2.45) is 0 Å². The average Bonchev–Trinajstić information content (AvgIpc) is 2.73. The van der Waals surface area contributed by atoms with Crippen molar-refractivity contribution in [1.82, 2.24) is 0 Å². The van der Waals surface area contributed by atoms with Gasteiger partial charge in [0, 0.05) is 17.6 Å². The third kappa shape index (κ3) is 2.20. The molecule has 0 aromatic heterocycles. The maximum absolute atomic E-state index is 12.3. The first-order valence-electron chi connectivity index (χ1n) is 6.82. The number of nitrogens with zero attached hydrogens (tertiary/aromatic N) is 1. The van der Waals surface area contributed by atoms with E-state index in [0.717, 1.165) is 25.1 Å². The third-order valence-corrected chi connectivity index (χ3v) is 5.19. The van der Waals surface area contributed by atoms with Crippen molar-refractivity contribution in [2.45, 2.75) is 24.7 Å². The lowest BCUT2D eigenvalue weighted by molar-refractivity contribution is -0.133. The zero-order chi connectivity index (χ0) is 14.2. The molecule has 1 aromatic rings. The Kier molecular flexibility index (Phi) is 3.46. The number of thioether (sulfide) groups is 1. The summed E-state index contributed by atoms with van der Waals surface area (Å²) in [6, 6.07) is 8.13. The van der Waals surface area contributed by atoms with Gasteiger partial charge in [-0.3, -0.25) is 9.59 Å². The van der Waals surface area contributed by atoms with Gasteiger partial charge < -0.3 is 10.0 Å². The van der Waals surface area contributed by atoms with E-state index in [9.17, 15) is 9.59 Å². The maximum atomic E-state index is 12.3. The number of hydrogen-bond donors (Lipinski definition) is 1. The van der Waals surface area contributed by atoms with Crippen LogP contribution in [-0.4, -0.2) is 35.0 Å². The molecule has 2 aliphatic rings. The van der Waals surface area contributed by atoms with E-state index in [1.807, 2.05) is 23.1 Å². The highest BCUT2D eigenvalue weighted by Crippen LogP contribution is 2.52. The summed E-state index contributed by atoms with van der Waals surface area (Å²) in [4.78, 5) is 24.7. The quantitative estimate of drug-likeness (QED) is 0.924. The van der Waals surface area contributed by atoms with Crippen LogP contribution in [0.4, 0.5) is 5.69 Å². The number of rotatable bonds is 4. The second-order valence-electron chi connectivity index (χ2n) is 5.52. The van der Waals surface area contributed by atoms with Crippen molar-refractivity contribution in [3.8, 4) is 0 Å². The molecule has 0 unspecified atom stereocenters. The Bertz CT molecular complexity index is 554. The third-order valence-electron chi connectivity index (χ3n) is 4.29. The molecule has 4 nitrogen and oxygen atoms in total. The molecule has 1 fully saturated rings. The number of amides is 1. The van der Waals surface area contributed by atoms with Gasteiger partial charge in [-0.25, -0.2) is 0 Å². The average molecular weight is 291 g/mol. The molecule has 5 heteroatoms. The van der Waals surface area contributed by atoms with Crippen LogP contribution < -0.4 is 4.90 Å². The van der Waals surface area contributed by atoms with E-state index < -0.39 is 5.97 Å². The maximum Gasteiger partial charge on any atom is 0.313 e. The summed E-state index contributed by atoms with van der Waals surface area (Å²) in [5.74, 6) is -0.643. The molecule has 1 spiro atoms. The van der Waals surface area contributed by atoms with E-state index in [-0.39, 0.29) is 22.8 Å². The lowest BCUT2D eigenvalue weighted by Crippen LogP contribution is -2.42. The van der Waals surface area contributed by atoms with Crippen molar-refractivity contribution >= 4 is 29.3 Å². The highest BCUT2D eigenvalue weighted by atomic mass is 32.2. The number of carbonyl (C=O) groups is 2. The number of carbonyl (C=O) groups excluding carboxylic acids is 1. The van der Waals surface area contributed by atoms with E-state index in [1.165, 1.54) is 23.7 Å². The smallest absolute Gasteiger partial charge is 0.313 e. The summed E-state index contributed by atoms with van der Waals surface area (Å²) >= 11 is 1.17. The molecular formula is C15H17NO3S. The molecule has 3 rings (SSSR count). The summed E-state index contributed by atoms with van der Waals surface area (Å²) in [5, 5.41) is 8.63. The van der Waals surface area contributed by atoms with E-state index in [4.69, 9.17) is 5.11 Å². The Balaban J connectivity index is 1.75. The van der Waals surface area contributed by atoms with Gasteiger partial charge in [-0.1, -0.05) is 24.6 Å². The van der Waals surface area contributed by atoms with Gasteiger partial charge in [0.25, 0.3) is 0 Å². The second kappa shape index (κ2) is 5.13. The first-order chi connectivity index (χ1) is 9.62. The van der Waals surface area contributed by atoms with Crippen molar-refractivity contribution in [3.63, 3.8) is 0 Å². The Morgan fingerprint density at radius 3 is 2.65 bits per heavy atom. The van der Waals surface area contributed by atoms with Crippen LogP contribution in [0.25, 0.3) is 0 Å². The van der Waals surface area contributed by atoms with Crippen LogP contribution in [-0.2, 0) is 15.0 Å². The summed E-state index contributed by atoms with van der Waals surface area (Å²) in [6.45, 7) is 0.763. The number of para-hydroxylation sites is 1. The minimum Gasteiger partial charge on any atom is -0.481 e. The fraction of sp³-hybridized carbons (Fsp3) is 0.467. The van der Waals surface area contributed by atoms with Gasteiger partial charge in [-0.15, -0.1) is 11.8 Å². The van der Waals surface area contributed by atoms with Crippen molar-refractivity contribution in [2.75, 3.05) is 23.0 Å². The van der Waals surface area contributed by atoms with E-state index in [2.05, 4.69) is 6.07 Å². The van der Waals surface area contributed by atoms with Crippen molar-refractivity contribution in [1.29, 1.82) is 0 Å². The second-order valence-corrected chi connectivity index (χ2v) is 6.50. The van der Waals surface area contributed by atoms with Gasteiger partial charge in [0.15, 0.2) is 0 Å². The molecule has 0 radical (unpaired) electrons. The number of carboxylic acid groups (broad SMARTS) is 1. The molecule has 1 heterocycles. The zero-order valence-electron chi connectivity index (χ0n) is 11.2. The van der Waals surface area contributed by atoms with Crippen LogP contribution in [0.1, 0.15) is 24.8 Å². The van der Waals surface area contributed by atoms with Crippen LogP contribution in [0.3, 0.4) is 0 Å². The van der Waals surface area contributed by atoms with Gasteiger partial charge in [0.1, 0.15) is 0 Å². The topological polar surface area (TPSA) is 57.6 Å². The summed E-state index contributed by atoms with van der Waals surface area (Å²) in [6.07, 6.45) is 3.52. The van der Waals surface area contributed by atoms with Gasteiger partial charge in [-0.05, 0) is 24.5 Å². The number of carboxylic acids is 1. The Hall–Kier alpha value is -1.49. The Labute approximate surface area is 122 Å². The Morgan fingerprint density at radius 1 is 1.25 bits per heavy atom. The summed E-state index contributed by atoms with van der Waals surface area (Å²) in [7, 11) is 0. The van der Waals surface area contributed by atoms with Gasteiger partial charge in [-0.2, -0.15) is 0 Å². The zero-order valence-corrected chi connectivity index (χ0v) is 12.0. The normalized spacial score (nSPS) is 18.7. The molecule has 1 amide bonds. The lowest BCUT2D eigenvalue weighted by Gasteiger charge is -2.38. The monoisotopic (exact) mass is 291 g/mol. The molecule has 1 saturated carbocycles. The largest absolute Gasteiger partial charge is 0.481 e. The number of anilines is 1. The Morgan fingerprint density at radius 2 is 2.00 bits per heavy atom. The van der Waals surface area contributed by atoms with Crippen LogP contribution in [0.2, 0.25) is 0 Å². The van der Waals surface area contributed by atoms with Gasteiger partial charge >= 0.3 is 5.97 Å². The fourth-order valence-corrected chi connectivity index (χ4v) is 3.79. The predicted octanol–water partition coefficient (Wildman–Crippen LogP) is 2.27. The van der Waals surface area contributed by atoms with Crippen LogP contribution >= 0.6 is 11.8 Å². The standard InChI is InChI=1S/C15H17NO3S/c17-13(8-20-9-14(18)19)16-10-15(6-3-7-15)11-4-1-2-5-12(11)16/h1-2,4-5H,3,6-10H2,(H,18,19). The highest BCUT2D eigenvalue weighted by molar-refractivity contribution is 8.00. The molecule has 0 bridgehead atoms. The fourth-order valence-electron chi connectivity index (χ4n) is 3.19. The van der Waals surface area contributed by atoms with E-state index in [1.54, 1.807) is 0 Å². The number of benzene rings is 1. The van der Waals surface area contributed by atoms with E-state index >= 15 is 0 Å².